The van der Waals surface area contributed by atoms with Gasteiger partial charge in [0, 0.05) is 29.2 Å². The van der Waals surface area contributed by atoms with Crippen molar-refractivity contribution in [3.8, 4) is 16.9 Å². The number of fused-ring (bicyclic) bond motifs is 1. The van der Waals surface area contributed by atoms with Gasteiger partial charge in [0.2, 0.25) is 5.56 Å². The van der Waals surface area contributed by atoms with Crippen molar-refractivity contribution in [1.29, 1.82) is 0 Å². The number of H-pyrrole nitrogens is 1. The van der Waals surface area contributed by atoms with Crippen molar-refractivity contribution in [2.75, 3.05) is 23.7 Å². The quantitative estimate of drug-likeness (QED) is 0.124. The number of hydrogen-bond acceptors (Lipinski definition) is 5. The molecule has 0 saturated heterocycles. The molecule has 0 spiro atoms. The van der Waals surface area contributed by atoms with E-state index in [1.165, 1.54) is 12.1 Å². The second kappa shape index (κ2) is 13.2. The maximum Gasteiger partial charge on any atom is 0.323 e. The first-order valence-electron chi connectivity index (χ1n) is 13.9. The van der Waals surface area contributed by atoms with Crippen molar-refractivity contribution in [2.24, 2.45) is 5.92 Å². The second-order valence-electron chi connectivity index (χ2n) is 10.5. The first-order valence-corrected chi connectivity index (χ1v) is 13.9. The van der Waals surface area contributed by atoms with Crippen LogP contribution in [-0.4, -0.2) is 34.3 Å². The predicted octanol–water partition coefficient (Wildman–Crippen LogP) is 6.05. The topological polar surface area (TPSA) is 126 Å². The van der Waals surface area contributed by atoms with Gasteiger partial charge >= 0.3 is 6.03 Å². The molecule has 214 valence electrons. The summed E-state index contributed by atoms with van der Waals surface area (Å²) in [4.78, 5) is 27.1. The summed E-state index contributed by atoms with van der Waals surface area (Å²) in [5.74, 6) is 0.221. The van der Waals surface area contributed by atoms with E-state index in [1.807, 2.05) is 78.9 Å². The van der Waals surface area contributed by atoms with E-state index in [0.29, 0.717) is 35.2 Å². The molecule has 0 saturated carbocycles. The lowest BCUT2D eigenvalue weighted by Crippen LogP contribution is -2.27. The van der Waals surface area contributed by atoms with Crippen LogP contribution in [0.3, 0.4) is 0 Å². The molecule has 6 N–H and O–H groups in total. The van der Waals surface area contributed by atoms with Gasteiger partial charge in [0.05, 0.1) is 17.3 Å². The van der Waals surface area contributed by atoms with Crippen LogP contribution in [0.25, 0.3) is 22.0 Å². The number of hydrogen-bond donors (Lipinski definition) is 6. The van der Waals surface area contributed by atoms with Crippen molar-refractivity contribution in [3.63, 3.8) is 0 Å². The van der Waals surface area contributed by atoms with Crippen LogP contribution in [0, 0.1) is 5.92 Å². The number of aliphatic hydroxyl groups is 1. The average molecular weight is 563 g/mol. The summed E-state index contributed by atoms with van der Waals surface area (Å²) in [6, 6.07) is 31.2. The molecule has 2 amide bonds. The van der Waals surface area contributed by atoms with E-state index in [1.54, 1.807) is 12.1 Å². The number of nitrogens with one attached hydrogen (secondary N) is 4. The number of phenolic OH excluding ortho intramolecular Hbond substituents is 1. The van der Waals surface area contributed by atoms with Gasteiger partial charge in [0.25, 0.3) is 0 Å². The van der Waals surface area contributed by atoms with Crippen LogP contribution in [0.5, 0.6) is 5.75 Å². The van der Waals surface area contributed by atoms with Gasteiger partial charge in [0.1, 0.15) is 5.75 Å². The van der Waals surface area contributed by atoms with Crippen LogP contribution in [-0.2, 0) is 6.42 Å². The molecule has 0 aliphatic heterocycles. The third-order valence-corrected chi connectivity index (χ3v) is 7.13. The maximum atomic E-state index is 12.9. The van der Waals surface area contributed by atoms with Gasteiger partial charge in [-0.05, 0) is 65.9 Å². The number of benzene rings is 4. The van der Waals surface area contributed by atoms with Crippen molar-refractivity contribution >= 4 is 28.3 Å². The molecule has 8 heteroatoms. The summed E-state index contributed by atoms with van der Waals surface area (Å²) in [5.41, 5.74) is 5.12. The Morgan fingerprint density at radius 2 is 1.64 bits per heavy atom. The number of amides is 2. The van der Waals surface area contributed by atoms with Gasteiger partial charge in [-0.3, -0.25) is 4.79 Å². The molecule has 1 heterocycles. The molecule has 0 fully saturated rings. The van der Waals surface area contributed by atoms with Crippen molar-refractivity contribution in [2.45, 2.75) is 19.4 Å². The van der Waals surface area contributed by atoms with Crippen LogP contribution in [0.1, 0.15) is 24.2 Å². The molecule has 0 bridgehead atoms. The minimum atomic E-state index is -0.815. The number of pyridine rings is 1. The normalized spacial score (nSPS) is 12.5. The number of carbonyl (C=O) groups is 1. The van der Waals surface area contributed by atoms with Crippen LogP contribution >= 0.6 is 0 Å². The van der Waals surface area contributed by atoms with Crippen molar-refractivity contribution in [3.05, 3.63) is 125 Å². The zero-order valence-corrected chi connectivity index (χ0v) is 23.3. The van der Waals surface area contributed by atoms with Crippen molar-refractivity contribution in [1.82, 2.24) is 10.3 Å². The van der Waals surface area contributed by atoms with Crippen molar-refractivity contribution < 1.29 is 15.0 Å². The Morgan fingerprint density at radius 1 is 0.857 bits per heavy atom. The fraction of sp³-hybridized carbons (Fsp3) is 0.176. The summed E-state index contributed by atoms with van der Waals surface area (Å²) in [6.07, 6.45) is -0.0373. The van der Waals surface area contributed by atoms with Gasteiger partial charge in [-0.1, -0.05) is 73.7 Å². The van der Waals surface area contributed by atoms with Gasteiger partial charge in [-0.15, -0.1) is 0 Å². The number of rotatable bonds is 10. The smallest absolute Gasteiger partial charge is 0.323 e. The summed E-state index contributed by atoms with van der Waals surface area (Å²) < 4.78 is 0. The molecule has 8 nitrogen and oxygen atoms in total. The number of para-hydroxylation sites is 1. The SMILES string of the molecule is CC(CNCC(O)c1ccc(O)c2[nH]c(=O)ccc12)Cc1cccc(NC(=O)Nc2ccccc2-c2ccccc2)c1. The molecule has 5 rings (SSSR count). The zero-order valence-electron chi connectivity index (χ0n) is 23.3. The Kier molecular flexibility index (Phi) is 8.96. The monoisotopic (exact) mass is 562 g/mol. The fourth-order valence-corrected chi connectivity index (χ4v) is 5.12. The number of phenols is 1. The highest BCUT2D eigenvalue weighted by Gasteiger charge is 2.15. The number of urea groups is 1. The predicted molar refractivity (Wildman–Crippen MR) is 168 cm³/mol. The fourth-order valence-electron chi connectivity index (χ4n) is 5.12. The lowest BCUT2D eigenvalue weighted by molar-refractivity contribution is 0.174. The van der Waals surface area contributed by atoms with Gasteiger partial charge in [0.15, 0.2) is 0 Å². The molecule has 5 aromatic rings. The maximum absolute atomic E-state index is 12.9. The van der Waals surface area contributed by atoms with E-state index in [-0.39, 0.29) is 23.3 Å². The molecule has 0 radical (unpaired) electrons. The minimum absolute atomic E-state index is 0.0357. The van der Waals surface area contributed by atoms with Crippen LogP contribution in [0.2, 0.25) is 0 Å². The van der Waals surface area contributed by atoms with E-state index in [4.69, 9.17) is 0 Å². The number of aromatic amines is 1. The summed E-state index contributed by atoms with van der Waals surface area (Å²) in [6.45, 7) is 3.10. The molecule has 2 unspecified atom stereocenters. The molecule has 2 atom stereocenters. The Labute approximate surface area is 244 Å². The molecule has 0 aliphatic carbocycles. The number of anilines is 2. The summed E-state index contributed by atoms with van der Waals surface area (Å²) in [5, 5.41) is 30.7. The lowest BCUT2D eigenvalue weighted by atomic mass is 10.00. The first-order chi connectivity index (χ1) is 20.4. The lowest BCUT2D eigenvalue weighted by Gasteiger charge is -2.18. The van der Waals surface area contributed by atoms with E-state index < -0.39 is 6.10 Å². The van der Waals surface area contributed by atoms with Gasteiger partial charge < -0.3 is 31.1 Å². The Bertz CT molecular complexity index is 1740. The number of carbonyl (C=O) groups excluding carboxylic acids is 1. The van der Waals surface area contributed by atoms with E-state index in [0.717, 1.165) is 28.8 Å². The largest absolute Gasteiger partial charge is 0.506 e. The van der Waals surface area contributed by atoms with Crippen LogP contribution < -0.4 is 21.5 Å². The highest BCUT2D eigenvalue weighted by Crippen LogP contribution is 2.29. The van der Waals surface area contributed by atoms with E-state index >= 15 is 0 Å². The number of aliphatic hydroxyl groups excluding tert-OH is 1. The number of aromatic nitrogens is 1. The minimum Gasteiger partial charge on any atom is -0.506 e. The Morgan fingerprint density at radius 3 is 2.48 bits per heavy atom. The molecule has 4 aromatic carbocycles. The molecule has 1 aromatic heterocycles. The van der Waals surface area contributed by atoms with E-state index in [2.05, 4.69) is 27.9 Å². The zero-order chi connectivity index (χ0) is 29.5. The summed E-state index contributed by atoms with van der Waals surface area (Å²) >= 11 is 0. The Balaban J connectivity index is 1.14. The third kappa shape index (κ3) is 7.04. The average Bonchev–Trinajstić information content (AvgIpc) is 2.98. The highest BCUT2D eigenvalue weighted by atomic mass is 16.3. The van der Waals surface area contributed by atoms with Crippen LogP contribution in [0.15, 0.2) is 108 Å². The standard InChI is InChI=1S/C34H34N4O4/c1-22(20-35-21-31(40)27-14-16-30(39)33-28(27)15-17-32(41)38-33)18-23-8-7-11-25(19-23)36-34(42)37-29-13-6-5-12-26(29)24-9-3-2-4-10-24/h2-17,19,22,31,35,39-40H,18,20-21H2,1H3,(H,38,41)(H2,36,37,42). The molecule has 42 heavy (non-hydrogen) atoms. The van der Waals surface area contributed by atoms with Gasteiger partial charge in [-0.2, -0.15) is 0 Å². The molecular weight excluding hydrogens is 528 g/mol. The summed E-state index contributed by atoms with van der Waals surface area (Å²) in [7, 11) is 0. The first kappa shape index (κ1) is 28.6. The van der Waals surface area contributed by atoms with Crippen LogP contribution in [0.4, 0.5) is 16.2 Å². The highest BCUT2D eigenvalue weighted by molar-refractivity contribution is 6.02. The molecule has 0 aliphatic rings. The van der Waals surface area contributed by atoms with E-state index in [9.17, 15) is 19.8 Å². The number of aromatic hydroxyl groups is 1. The second-order valence-corrected chi connectivity index (χ2v) is 10.5. The molecular formula is C34H34N4O4. The third-order valence-electron chi connectivity index (χ3n) is 7.13. The van der Waals surface area contributed by atoms with Gasteiger partial charge in [-0.25, -0.2) is 4.79 Å². The Hall–Kier alpha value is -4.92.